The molecule has 0 saturated heterocycles. The van der Waals surface area contributed by atoms with Crippen molar-refractivity contribution >= 4 is 23.2 Å². The lowest BCUT2D eigenvalue weighted by molar-refractivity contribution is -0.116. The third-order valence-corrected chi connectivity index (χ3v) is 4.07. The van der Waals surface area contributed by atoms with Crippen LogP contribution in [0.25, 0.3) is 0 Å². The number of nitrogens with one attached hydrogen (secondary N) is 2. The van der Waals surface area contributed by atoms with Crippen molar-refractivity contribution in [3.8, 4) is 11.5 Å². The van der Waals surface area contributed by atoms with Gasteiger partial charge in [0.05, 0.1) is 14.2 Å². The summed E-state index contributed by atoms with van der Waals surface area (Å²) < 4.78 is 10.5. The predicted molar refractivity (Wildman–Crippen MR) is 108 cm³/mol. The number of amides is 1. The van der Waals surface area contributed by atoms with Crippen molar-refractivity contribution < 1.29 is 14.3 Å². The Kier molecular flexibility index (Phi) is 6.41. The van der Waals surface area contributed by atoms with Crippen molar-refractivity contribution in [3.63, 3.8) is 0 Å². The molecule has 144 valence electrons. The Morgan fingerprint density at radius 2 is 1.61 bits per heavy atom. The summed E-state index contributed by atoms with van der Waals surface area (Å²) in [6.07, 6.45) is 0.897. The van der Waals surface area contributed by atoms with Gasteiger partial charge in [0.25, 0.3) is 0 Å². The topological polar surface area (TPSA) is 85.4 Å². The summed E-state index contributed by atoms with van der Waals surface area (Å²) in [6, 6.07) is 18.8. The molecule has 1 heterocycles. The number of hydrogen-bond acceptors (Lipinski definition) is 6. The van der Waals surface area contributed by atoms with Gasteiger partial charge in [0.15, 0.2) is 23.1 Å². The first-order chi connectivity index (χ1) is 13.7. The first-order valence-corrected chi connectivity index (χ1v) is 8.84. The third kappa shape index (κ3) is 5.20. The summed E-state index contributed by atoms with van der Waals surface area (Å²) in [5.41, 5.74) is 1.91. The quantitative estimate of drug-likeness (QED) is 0.620. The molecule has 7 nitrogen and oxygen atoms in total. The van der Waals surface area contributed by atoms with E-state index < -0.39 is 0 Å². The number of para-hydroxylation sites is 1. The molecule has 0 fully saturated rings. The second kappa shape index (κ2) is 9.36. The molecule has 3 rings (SSSR count). The summed E-state index contributed by atoms with van der Waals surface area (Å²) in [5.74, 6) is 2.20. The SMILES string of the molecule is COc1ccc(CCC(=O)Nc2ccc(Nc3ccccc3)nn2)cc1OC. The second-order valence-electron chi connectivity index (χ2n) is 6.03. The van der Waals surface area contributed by atoms with Crippen molar-refractivity contribution in [1.82, 2.24) is 10.2 Å². The number of hydrogen-bond donors (Lipinski definition) is 2. The maximum absolute atomic E-state index is 12.2. The molecular weight excluding hydrogens is 356 g/mol. The molecule has 1 aromatic heterocycles. The molecule has 0 aliphatic heterocycles. The first-order valence-electron chi connectivity index (χ1n) is 8.84. The van der Waals surface area contributed by atoms with Gasteiger partial charge in [0.1, 0.15) is 0 Å². The van der Waals surface area contributed by atoms with Crippen LogP contribution < -0.4 is 20.1 Å². The van der Waals surface area contributed by atoms with Crippen molar-refractivity contribution in [2.45, 2.75) is 12.8 Å². The Labute approximate surface area is 163 Å². The number of nitrogens with zero attached hydrogens (tertiary/aromatic N) is 2. The highest BCUT2D eigenvalue weighted by atomic mass is 16.5. The van der Waals surface area contributed by atoms with E-state index in [-0.39, 0.29) is 5.91 Å². The summed E-state index contributed by atoms with van der Waals surface area (Å²) in [6.45, 7) is 0. The van der Waals surface area contributed by atoms with Crippen LogP contribution in [0.15, 0.2) is 60.7 Å². The molecule has 0 atom stereocenters. The number of ether oxygens (including phenoxy) is 2. The highest BCUT2D eigenvalue weighted by Gasteiger charge is 2.08. The summed E-state index contributed by atoms with van der Waals surface area (Å²) in [4.78, 5) is 12.2. The van der Waals surface area contributed by atoms with Gasteiger partial charge in [0.2, 0.25) is 5.91 Å². The lowest BCUT2D eigenvalue weighted by atomic mass is 10.1. The summed E-state index contributed by atoms with van der Waals surface area (Å²) >= 11 is 0. The average Bonchev–Trinajstić information content (AvgIpc) is 2.74. The maximum Gasteiger partial charge on any atom is 0.225 e. The molecule has 1 amide bonds. The lowest BCUT2D eigenvalue weighted by Crippen LogP contribution is -2.14. The Morgan fingerprint density at radius 1 is 0.893 bits per heavy atom. The highest BCUT2D eigenvalue weighted by molar-refractivity contribution is 5.89. The number of methoxy groups -OCH3 is 2. The van der Waals surface area contributed by atoms with E-state index in [1.807, 2.05) is 48.5 Å². The van der Waals surface area contributed by atoms with Crippen molar-refractivity contribution in [2.75, 3.05) is 24.9 Å². The van der Waals surface area contributed by atoms with Gasteiger partial charge in [0, 0.05) is 12.1 Å². The molecule has 0 aliphatic carbocycles. The number of aromatic nitrogens is 2. The van der Waals surface area contributed by atoms with Crippen LogP contribution in [0, 0.1) is 0 Å². The van der Waals surface area contributed by atoms with Gasteiger partial charge in [-0.3, -0.25) is 4.79 Å². The van der Waals surface area contributed by atoms with Gasteiger partial charge >= 0.3 is 0 Å². The summed E-state index contributed by atoms with van der Waals surface area (Å²) in [7, 11) is 3.18. The van der Waals surface area contributed by atoms with E-state index >= 15 is 0 Å². The molecule has 28 heavy (non-hydrogen) atoms. The first kappa shape index (κ1) is 19.2. The third-order valence-electron chi connectivity index (χ3n) is 4.07. The van der Waals surface area contributed by atoms with E-state index in [1.54, 1.807) is 26.4 Å². The minimum atomic E-state index is -0.132. The van der Waals surface area contributed by atoms with Crippen molar-refractivity contribution in [1.29, 1.82) is 0 Å². The van der Waals surface area contributed by atoms with Crippen LogP contribution in [0.5, 0.6) is 11.5 Å². The number of carbonyl (C=O) groups excluding carboxylic acids is 1. The minimum absolute atomic E-state index is 0.132. The monoisotopic (exact) mass is 378 g/mol. The van der Waals surface area contributed by atoms with E-state index in [4.69, 9.17) is 9.47 Å². The van der Waals surface area contributed by atoms with E-state index in [0.717, 1.165) is 11.3 Å². The molecule has 3 aromatic rings. The number of anilines is 3. The average molecular weight is 378 g/mol. The van der Waals surface area contributed by atoms with Crippen molar-refractivity contribution in [2.24, 2.45) is 0 Å². The summed E-state index contributed by atoms with van der Waals surface area (Å²) in [5, 5.41) is 14.0. The lowest BCUT2D eigenvalue weighted by Gasteiger charge is -2.10. The smallest absolute Gasteiger partial charge is 0.225 e. The molecule has 0 spiro atoms. The zero-order chi connectivity index (χ0) is 19.8. The van der Waals surface area contributed by atoms with Gasteiger partial charge in [-0.2, -0.15) is 0 Å². The Bertz CT molecular complexity index is 915. The van der Waals surface area contributed by atoms with Crippen LogP contribution in [0.4, 0.5) is 17.3 Å². The molecule has 0 radical (unpaired) electrons. The van der Waals surface area contributed by atoms with Gasteiger partial charge in [-0.05, 0) is 48.4 Å². The molecule has 0 bridgehead atoms. The number of aryl methyl sites for hydroxylation is 1. The highest BCUT2D eigenvalue weighted by Crippen LogP contribution is 2.28. The second-order valence-corrected chi connectivity index (χ2v) is 6.03. The molecule has 2 aromatic carbocycles. The zero-order valence-electron chi connectivity index (χ0n) is 15.8. The molecule has 2 N–H and O–H groups in total. The van der Waals surface area contributed by atoms with Gasteiger partial charge in [-0.1, -0.05) is 24.3 Å². The minimum Gasteiger partial charge on any atom is -0.493 e. The fraction of sp³-hybridized carbons (Fsp3) is 0.190. The predicted octanol–water partition coefficient (Wildman–Crippen LogP) is 3.81. The Morgan fingerprint density at radius 3 is 2.29 bits per heavy atom. The standard InChI is InChI=1S/C21H22N4O3/c1-27-17-10-8-15(14-18(17)28-2)9-13-21(26)23-20-12-11-19(24-25-20)22-16-6-4-3-5-7-16/h3-8,10-12,14H,9,13H2,1-2H3,(H,22,24)(H,23,25,26). The fourth-order valence-electron chi connectivity index (χ4n) is 2.63. The van der Waals surface area contributed by atoms with Crippen LogP contribution >= 0.6 is 0 Å². The fourth-order valence-corrected chi connectivity index (χ4v) is 2.63. The number of carbonyl (C=O) groups is 1. The zero-order valence-corrected chi connectivity index (χ0v) is 15.8. The van der Waals surface area contributed by atoms with Crippen LogP contribution in [0.1, 0.15) is 12.0 Å². The Hall–Kier alpha value is -3.61. The van der Waals surface area contributed by atoms with Crippen LogP contribution in [0.3, 0.4) is 0 Å². The number of benzene rings is 2. The van der Waals surface area contributed by atoms with Crippen LogP contribution in [-0.4, -0.2) is 30.3 Å². The maximum atomic E-state index is 12.2. The molecule has 0 unspecified atom stereocenters. The molecule has 0 saturated carbocycles. The van der Waals surface area contributed by atoms with Crippen molar-refractivity contribution in [3.05, 3.63) is 66.2 Å². The van der Waals surface area contributed by atoms with E-state index in [1.165, 1.54) is 0 Å². The molecular formula is C21H22N4O3. The largest absolute Gasteiger partial charge is 0.493 e. The van der Waals surface area contributed by atoms with Gasteiger partial charge in [-0.25, -0.2) is 0 Å². The molecule has 0 aliphatic rings. The van der Waals surface area contributed by atoms with Gasteiger partial charge < -0.3 is 20.1 Å². The van der Waals surface area contributed by atoms with E-state index in [2.05, 4.69) is 20.8 Å². The van der Waals surface area contributed by atoms with Crippen LogP contribution in [-0.2, 0) is 11.2 Å². The molecule has 7 heteroatoms. The van der Waals surface area contributed by atoms with Gasteiger partial charge in [-0.15, -0.1) is 10.2 Å². The number of rotatable bonds is 8. The van der Waals surface area contributed by atoms with Crippen LogP contribution in [0.2, 0.25) is 0 Å². The normalized spacial score (nSPS) is 10.2. The van der Waals surface area contributed by atoms with E-state index in [0.29, 0.717) is 36.0 Å². The Balaban J connectivity index is 1.52. The van der Waals surface area contributed by atoms with E-state index in [9.17, 15) is 4.79 Å².